The number of carbonyl (C=O) groups excluding carboxylic acids is 1. The van der Waals surface area contributed by atoms with Crippen LogP contribution in [-0.2, 0) is 0 Å². The van der Waals surface area contributed by atoms with Gasteiger partial charge in [-0.2, -0.15) is 0 Å². The van der Waals surface area contributed by atoms with Gasteiger partial charge in [0.2, 0.25) is 0 Å². The van der Waals surface area contributed by atoms with Gasteiger partial charge in [0.05, 0.1) is 24.4 Å². The zero-order chi connectivity index (χ0) is 14.8. The predicted octanol–water partition coefficient (Wildman–Crippen LogP) is 3.18. The number of nitrogens with zero attached hydrogens (tertiary/aromatic N) is 2. The zero-order valence-corrected chi connectivity index (χ0v) is 11.8. The van der Waals surface area contributed by atoms with Crippen molar-refractivity contribution in [3.8, 4) is 5.75 Å². The summed E-state index contributed by atoms with van der Waals surface area (Å²) >= 11 is 0. The highest BCUT2D eigenvalue weighted by Gasteiger charge is 2.14. The Morgan fingerprint density at radius 2 is 2.00 bits per heavy atom. The van der Waals surface area contributed by atoms with Gasteiger partial charge >= 0.3 is 0 Å². The number of fused-ring (bicyclic) bond motifs is 1. The van der Waals surface area contributed by atoms with E-state index in [1.807, 2.05) is 31.2 Å². The highest BCUT2D eigenvalue weighted by molar-refractivity contribution is 6.11. The topological polar surface area (TPSA) is 52.1 Å². The van der Waals surface area contributed by atoms with Crippen LogP contribution in [0, 0.1) is 6.92 Å². The summed E-state index contributed by atoms with van der Waals surface area (Å²) in [4.78, 5) is 21.0. The van der Waals surface area contributed by atoms with Gasteiger partial charge in [-0.3, -0.25) is 14.8 Å². The Kier molecular flexibility index (Phi) is 3.36. The second-order valence-corrected chi connectivity index (χ2v) is 4.77. The molecule has 0 amide bonds. The largest absolute Gasteiger partial charge is 0.494 e. The summed E-state index contributed by atoms with van der Waals surface area (Å²) in [5.41, 5.74) is 2.95. The van der Waals surface area contributed by atoms with Gasteiger partial charge < -0.3 is 4.74 Å². The van der Waals surface area contributed by atoms with Crippen LogP contribution in [0.4, 0.5) is 0 Å². The number of rotatable bonds is 3. The summed E-state index contributed by atoms with van der Waals surface area (Å²) in [6.07, 6.45) is 3.13. The first kappa shape index (κ1) is 13.2. The predicted molar refractivity (Wildman–Crippen MR) is 80.7 cm³/mol. The van der Waals surface area contributed by atoms with E-state index in [2.05, 4.69) is 9.97 Å². The van der Waals surface area contributed by atoms with Crippen LogP contribution in [0.2, 0.25) is 0 Å². The lowest BCUT2D eigenvalue weighted by molar-refractivity contribution is 0.103. The van der Waals surface area contributed by atoms with Crippen LogP contribution < -0.4 is 4.74 Å². The fraction of sp³-hybridized carbons (Fsp3) is 0.118. The maximum absolute atomic E-state index is 12.6. The first-order valence-corrected chi connectivity index (χ1v) is 6.59. The molecule has 0 aliphatic carbocycles. The van der Waals surface area contributed by atoms with Crippen LogP contribution in [0.1, 0.15) is 21.6 Å². The Labute approximate surface area is 122 Å². The third kappa shape index (κ3) is 2.48. The molecule has 21 heavy (non-hydrogen) atoms. The van der Waals surface area contributed by atoms with Crippen molar-refractivity contribution in [2.45, 2.75) is 6.92 Å². The number of benzene rings is 1. The number of ketones is 1. The fourth-order valence-corrected chi connectivity index (χ4v) is 2.25. The van der Waals surface area contributed by atoms with Crippen molar-refractivity contribution in [2.24, 2.45) is 0 Å². The molecule has 3 rings (SSSR count). The lowest BCUT2D eigenvalue weighted by Crippen LogP contribution is -2.04. The third-order valence-corrected chi connectivity index (χ3v) is 3.34. The molecule has 0 bridgehead atoms. The van der Waals surface area contributed by atoms with Crippen LogP contribution >= 0.6 is 0 Å². The van der Waals surface area contributed by atoms with Gasteiger partial charge in [-0.25, -0.2) is 0 Å². The Bertz CT molecular complexity index is 828. The van der Waals surface area contributed by atoms with Crippen molar-refractivity contribution in [1.82, 2.24) is 9.97 Å². The summed E-state index contributed by atoms with van der Waals surface area (Å²) < 4.78 is 5.20. The normalized spacial score (nSPS) is 10.6. The van der Waals surface area contributed by atoms with Gasteiger partial charge in [-0.15, -0.1) is 0 Å². The van der Waals surface area contributed by atoms with Gasteiger partial charge in [0.1, 0.15) is 5.75 Å². The van der Waals surface area contributed by atoms with E-state index in [0.717, 1.165) is 16.6 Å². The molecule has 4 heteroatoms. The van der Waals surface area contributed by atoms with Crippen molar-refractivity contribution in [3.63, 3.8) is 0 Å². The molecule has 0 N–H and O–H groups in total. The molecule has 1 aromatic carbocycles. The smallest absolute Gasteiger partial charge is 0.196 e. The number of hydrogen-bond donors (Lipinski definition) is 0. The summed E-state index contributed by atoms with van der Waals surface area (Å²) in [5, 5.41) is 0.944. The molecule has 2 aromatic heterocycles. The lowest BCUT2D eigenvalue weighted by Gasteiger charge is -2.07. The SMILES string of the molecule is COc1cnccc1C(=O)c1ccc2nc(C)ccc2c1. The molecule has 0 radical (unpaired) electrons. The summed E-state index contributed by atoms with van der Waals surface area (Å²) in [6, 6.07) is 11.1. The molecule has 0 fully saturated rings. The van der Waals surface area contributed by atoms with Crippen molar-refractivity contribution >= 4 is 16.7 Å². The summed E-state index contributed by atoms with van der Waals surface area (Å²) in [6.45, 7) is 1.94. The molecule has 0 aliphatic rings. The number of aromatic nitrogens is 2. The number of carbonyl (C=O) groups is 1. The average Bonchev–Trinajstić information content (AvgIpc) is 2.53. The molecular weight excluding hydrogens is 264 g/mol. The summed E-state index contributed by atoms with van der Waals surface area (Å²) in [7, 11) is 1.53. The van der Waals surface area contributed by atoms with Crippen LogP contribution in [0.25, 0.3) is 10.9 Å². The number of pyridine rings is 2. The molecule has 3 aromatic rings. The van der Waals surface area contributed by atoms with Gasteiger partial charge in [-0.1, -0.05) is 6.07 Å². The minimum absolute atomic E-state index is 0.0864. The minimum atomic E-state index is -0.0864. The second-order valence-electron chi connectivity index (χ2n) is 4.77. The standard InChI is InChI=1S/C17H14N2O2/c1-11-3-4-12-9-13(5-6-15(12)19-11)17(20)14-7-8-18-10-16(14)21-2/h3-10H,1-2H3. The van der Waals surface area contributed by atoms with Crippen LogP contribution in [0.15, 0.2) is 48.8 Å². The maximum Gasteiger partial charge on any atom is 0.196 e. The van der Waals surface area contributed by atoms with E-state index in [1.54, 1.807) is 24.5 Å². The first-order valence-electron chi connectivity index (χ1n) is 6.59. The zero-order valence-electron chi connectivity index (χ0n) is 11.8. The molecule has 0 saturated carbocycles. The number of aryl methyl sites for hydroxylation is 1. The monoisotopic (exact) mass is 278 g/mol. The molecule has 0 aliphatic heterocycles. The van der Waals surface area contributed by atoms with E-state index in [1.165, 1.54) is 7.11 Å². The maximum atomic E-state index is 12.6. The number of ether oxygens (including phenoxy) is 1. The van der Waals surface area contributed by atoms with Crippen LogP contribution in [0.3, 0.4) is 0 Å². The Balaban J connectivity index is 2.07. The van der Waals surface area contributed by atoms with E-state index in [9.17, 15) is 4.79 Å². The minimum Gasteiger partial charge on any atom is -0.494 e. The van der Waals surface area contributed by atoms with E-state index < -0.39 is 0 Å². The van der Waals surface area contributed by atoms with Gasteiger partial charge in [-0.05, 0) is 37.3 Å². The summed E-state index contributed by atoms with van der Waals surface area (Å²) in [5.74, 6) is 0.390. The van der Waals surface area contributed by atoms with Crippen molar-refractivity contribution in [3.05, 3.63) is 65.6 Å². The number of methoxy groups -OCH3 is 1. The van der Waals surface area contributed by atoms with Crippen molar-refractivity contribution < 1.29 is 9.53 Å². The highest BCUT2D eigenvalue weighted by Crippen LogP contribution is 2.22. The highest BCUT2D eigenvalue weighted by atomic mass is 16.5. The number of hydrogen-bond acceptors (Lipinski definition) is 4. The quantitative estimate of drug-likeness (QED) is 0.690. The fourth-order valence-electron chi connectivity index (χ4n) is 2.25. The Morgan fingerprint density at radius 3 is 2.81 bits per heavy atom. The molecule has 4 nitrogen and oxygen atoms in total. The average molecular weight is 278 g/mol. The van der Waals surface area contributed by atoms with E-state index >= 15 is 0 Å². The molecule has 0 saturated heterocycles. The van der Waals surface area contributed by atoms with Crippen LogP contribution in [-0.4, -0.2) is 22.9 Å². The third-order valence-electron chi connectivity index (χ3n) is 3.34. The molecular formula is C17H14N2O2. The molecule has 0 atom stereocenters. The van der Waals surface area contributed by atoms with E-state index in [4.69, 9.17) is 4.74 Å². The first-order chi connectivity index (χ1) is 10.2. The van der Waals surface area contributed by atoms with Crippen molar-refractivity contribution in [1.29, 1.82) is 0 Å². The second kappa shape index (κ2) is 5.32. The van der Waals surface area contributed by atoms with Crippen molar-refractivity contribution in [2.75, 3.05) is 7.11 Å². The van der Waals surface area contributed by atoms with Gasteiger partial charge in [0, 0.05) is 22.8 Å². The Morgan fingerprint density at radius 1 is 1.14 bits per heavy atom. The van der Waals surface area contributed by atoms with Gasteiger partial charge in [0.25, 0.3) is 0 Å². The van der Waals surface area contributed by atoms with E-state index in [-0.39, 0.29) is 5.78 Å². The molecule has 0 unspecified atom stereocenters. The molecule has 0 spiro atoms. The van der Waals surface area contributed by atoms with E-state index in [0.29, 0.717) is 16.9 Å². The van der Waals surface area contributed by atoms with Crippen LogP contribution in [0.5, 0.6) is 5.75 Å². The molecule has 2 heterocycles. The van der Waals surface area contributed by atoms with Gasteiger partial charge in [0.15, 0.2) is 5.78 Å². The molecule has 104 valence electrons. The lowest BCUT2D eigenvalue weighted by atomic mass is 10.0. The Hall–Kier alpha value is -2.75.